The lowest BCUT2D eigenvalue weighted by Crippen LogP contribution is -2.46. The third kappa shape index (κ3) is 3.90. The zero-order valence-electron chi connectivity index (χ0n) is 22.0. The van der Waals surface area contributed by atoms with Gasteiger partial charge in [-0.3, -0.25) is 4.98 Å². The molecule has 0 radical (unpaired) electrons. The quantitative estimate of drug-likeness (QED) is 0.285. The second-order valence-corrected chi connectivity index (χ2v) is 10.0. The molecule has 0 aliphatic carbocycles. The van der Waals surface area contributed by atoms with E-state index in [0.29, 0.717) is 5.84 Å². The highest BCUT2D eigenvalue weighted by molar-refractivity contribution is 6.51. The van der Waals surface area contributed by atoms with Crippen LogP contribution in [-0.2, 0) is 0 Å². The van der Waals surface area contributed by atoms with Crippen LogP contribution in [0.3, 0.4) is 0 Å². The van der Waals surface area contributed by atoms with E-state index in [9.17, 15) is 0 Å². The first-order chi connectivity index (χ1) is 19.1. The Morgan fingerprint density at radius 1 is 0.795 bits per heavy atom. The number of anilines is 2. The van der Waals surface area contributed by atoms with E-state index in [4.69, 9.17) is 15.1 Å². The molecule has 3 aromatic carbocycles. The fraction of sp³-hybridized carbons (Fsp3) is 0.125. The summed E-state index contributed by atoms with van der Waals surface area (Å²) in [7, 11) is 0. The van der Waals surface area contributed by atoms with Crippen LogP contribution in [0.5, 0.6) is 0 Å². The first kappa shape index (κ1) is 23.1. The lowest BCUT2D eigenvalue weighted by atomic mass is 9.94. The second kappa shape index (κ2) is 9.06. The predicted molar refractivity (Wildman–Crippen MR) is 157 cm³/mol. The molecule has 0 unspecified atom stereocenters. The number of amidine groups is 2. The van der Waals surface area contributed by atoms with Crippen molar-refractivity contribution in [2.24, 2.45) is 9.98 Å². The Balaban J connectivity index is 1.49. The highest BCUT2D eigenvalue weighted by Gasteiger charge is 2.41. The van der Waals surface area contributed by atoms with Crippen molar-refractivity contribution < 1.29 is 0 Å². The summed E-state index contributed by atoms with van der Waals surface area (Å²) in [4.78, 5) is 17.1. The van der Waals surface area contributed by atoms with Crippen LogP contribution in [0.4, 0.5) is 22.9 Å². The average Bonchev–Trinajstić information content (AvgIpc) is 3.29. The van der Waals surface area contributed by atoms with Gasteiger partial charge in [-0.05, 0) is 74.4 Å². The molecule has 2 aliphatic heterocycles. The van der Waals surface area contributed by atoms with Crippen LogP contribution in [0, 0.1) is 20.8 Å². The Morgan fingerprint density at radius 2 is 1.64 bits per heavy atom. The summed E-state index contributed by atoms with van der Waals surface area (Å²) in [6.07, 6.45) is 3.74. The molecule has 0 bridgehead atoms. The third-order valence-corrected chi connectivity index (χ3v) is 7.20. The molecule has 0 spiro atoms. The van der Waals surface area contributed by atoms with Crippen LogP contribution in [0.1, 0.15) is 34.0 Å². The van der Waals surface area contributed by atoms with Gasteiger partial charge >= 0.3 is 0 Å². The zero-order valence-corrected chi connectivity index (χ0v) is 22.0. The number of nitrogens with zero attached hydrogens (tertiary/aromatic N) is 6. The van der Waals surface area contributed by atoms with Gasteiger partial charge in [0.2, 0.25) is 0 Å². The number of aromatic nitrogens is 3. The summed E-state index contributed by atoms with van der Waals surface area (Å²) in [5.41, 5.74) is 9.21. The standard InChI is InChI=1S/C32H27N7/c1-20-13-15-25(16-14-20)39-31-28(22(3)37-39)29(23-9-7-17-33-19-23)38-27-12-5-4-11-26(27)35-30(32(38)36-31)34-24-10-6-8-21(2)18-24/h4-19,29H,1-3H3,(H,34,35)/t29-/m0/s1. The number of benzene rings is 3. The van der Waals surface area contributed by atoms with E-state index in [1.807, 2.05) is 41.2 Å². The van der Waals surface area contributed by atoms with Gasteiger partial charge in [0.25, 0.3) is 0 Å². The van der Waals surface area contributed by atoms with Crippen molar-refractivity contribution in [3.8, 4) is 5.69 Å². The van der Waals surface area contributed by atoms with Crippen LogP contribution in [-0.4, -0.2) is 26.4 Å². The molecule has 7 nitrogen and oxygen atoms in total. The molecule has 4 heterocycles. The fourth-order valence-corrected chi connectivity index (χ4v) is 5.38. The Labute approximate surface area is 227 Å². The molecule has 7 heteroatoms. The summed E-state index contributed by atoms with van der Waals surface area (Å²) >= 11 is 0. The summed E-state index contributed by atoms with van der Waals surface area (Å²) in [5, 5.41) is 8.58. The molecule has 7 rings (SSSR count). The van der Waals surface area contributed by atoms with Gasteiger partial charge in [-0.25, -0.2) is 14.7 Å². The van der Waals surface area contributed by atoms with Gasteiger partial charge in [0.05, 0.1) is 28.8 Å². The van der Waals surface area contributed by atoms with Crippen molar-refractivity contribution in [3.05, 3.63) is 125 Å². The maximum Gasteiger partial charge on any atom is 0.179 e. The zero-order chi connectivity index (χ0) is 26.5. The number of fused-ring (bicyclic) bond motifs is 4. The maximum absolute atomic E-state index is 5.29. The Hall–Kier alpha value is -5.04. The van der Waals surface area contributed by atoms with Crippen LogP contribution < -0.4 is 10.2 Å². The van der Waals surface area contributed by atoms with Crippen molar-refractivity contribution >= 4 is 34.6 Å². The number of hydrogen-bond acceptors (Lipinski definition) is 6. The minimum absolute atomic E-state index is 0.189. The molecule has 190 valence electrons. The van der Waals surface area contributed by atoms with Gasteiger partial charge in [-0.1, -0.05) is 48.0 Å². The Kier molecular flexibility index (Phi) is 5.37. The summed E-state index contributed by atoms with van der Waals surface area (Å²) in [6, 6.07) is 28.8. The van der Waals surface area contributed by atoms with Crippen molar-refractivity contribution in [2.45, 2.75) is 26.8 Å². The van der Waals surface area contributed by atoms with Gasteiger partial charge in [0.1, 0.15) is 0 Å². The van der Waals surface area contributed by atoms with Gasteiger partial charge < -0.3 is 10.2 Å². The number of nitrogens with one attached hydrogen (secondary N) is 1. The molecule has 0 fully saturated rings. The van der Waals surface area contributed by atoms with E-state index in [-0.39, 0.29) is 6.04 Å². The van der Waals surface area contributed by atoms with Crippen LogP contribution >= 0.6 is 0 Å². The minimum atomic E-state index is -0.189. The molecule has 2 aromatic heterocycles. The first-order valence-electron chi connectivity index (χ1n) is 13.0. The van der Waals surface area contributed by atoms with E-state index < -0.39 is 0 Å². The van der Waals surface area contributed by atoms with Crippen molar-refractivity contribution in [1.29, 1.82) is 0 Å². The molecule has 0 saturated carbocycles. The van der Waals surface area contributed by atoms with Crippen molar-refractivity contribution in [1.82, 2.24) is 14.8 Å². The number of aryl methyl sites for hydroxylation is 3. The average molecular weight is 510 g/mol. The van der Waals surface area contributed by atoms with Gasteiger partial charge in [0, 0.05) is 23.6 Å². The van der Waals surface area contributed by atoms with Crippen LogP contribution in [0.15, 0.2) is 107 Å². The Bertz CT molecular complexity index is 1760. The normalized spacial score (nSPS) is 15.6. The predicted octanol–water partition coefficient (Wildman–Crippen LogP) is 6.99. The molecule has 5 aromatic rings. The monoisotopic (exact) mass is 509 g/mol. The lowest BCUT2D eigenvalue weighted by molar-refractivity contribution is 0.810. The topological polar surface area (TPSA) is 70.7 Å². The largest absolute Gasteiger partial charge is 0.337 e. The number of para-hydroxylation sites is 2. The number of hydrogen-bond donors (Lipinski definition) is 1. The minimum Gasteiger partial charge on any atom is -0.337 e. The highest BCUT2D eigenvalue weighted by atomic mass is 15.4. The fourth-order valence-electron chi connectivity index (χ4n) is 5.38. The highest BCUT2D eigenvalue weighted by Crippen LogP contribution is 2.48. The summed E-state index contributed by atoms with van der Waals surface area (Å²) < 4.78 is 1.95. The van der Waals surface area contributed by atoms with Gasteiger partial charge in [-0.15, -0.1) is 0 Å². The molecule has 0 amide bonds. The second-order valence-electron chi connectivity index (χ2n) is 10.0. The smallest absolute Gasteiger partial charge is 0.179 e. The van der Waals surface area contributed by atoms with E-state index in [1.54, 1.807) is 6.20 Å². The first-order valence-corrected chi connectivity index (χ1v) is 13.0. The number of pyridine rings is 1. The molecular weight excluding hydrogens is 482 g/mol. The molecular formula is C32H27N7. The Morgan fingerprint density at radius 3 is 2.44 bits per heavy atom. The van der Waals surface area contributed by atoms with Crippen LogP contribution in [0.25, 0.3) is 5.69 Å². The van der Waals surface area contributed by atoms with Crippen molar-refractivity contribution in [2.75, 3.05) is 10.2 Å². The summed E-state index contributed by atoms with van der Waals surface area (Å²) in [6.45, 7) is 6.23. The maximum atomic E-state index is 5.29. The third-order valence-electron chi connectivity index (χ3n) is 7.20. The van der Waals surface area contributed by atoms with Crippen LogP contribution in [0.2, 0.25) is 0 Å². The molecule has 2 aliphatic rings. The molecule has 1 atom stereocenters. The number of rotatable bonds is 3. The molecule has 39 heavy (non-hydrogen) atoms. The van der Waals surface area contributed by atoms with E-state index in [2.05, 4.69) is 90.6 Å². The van der Waals surface area contributed by atoms with Gasteiger partial charge in [-0.2, -0.15) is 5.10 Å². The lowest BCUT2D eigenvalue weighted by Gasteiger charge is -2.40. The molecule has 0 saturated heterocycles. The number of aliphatic imine (C=N–C) groups is 2. The molecule has 1 N–H and O–H groups in total. The van der Waals surface area contributed by atoms with E-state index >= 15 is 0 Å². The van der Waals surface area contributed by atoms with E-state index in [0.717, 1.165) is 51.2 Å². The summed E-state index contributed by atoms with van der Waals surface area (Å²) in [5.74, 6) is 2.23. The SMILES string of the molecule is Cc1ccc(-n2nc(C)c3c2N=C2C(Nc4cccc(C)c4)=Nc4ccccc4N2[C@H]3c2cccnc2)cc1. The van der Waals surface area contributed by atoms with Crippen molar-refractivity contribution in [3.63, 3.8) is 0 Å². The van der Waals surface area contributed by atoms with E-state index in [1.165, 1.54) is 11.1 Å². The van der Waals surface area contributed by atoms with Gasteiger partial charge in [0.15, 0.2) is 17.5 Å².